The van der Waals surface area contributed by atoms with E-state index in [4.69, 9.17) is 4.42 Å². The number of nitro benzene ring substituents is 1. The lowest BCUT2D eigenvalue weighted by atomic mass is 10.2. The fourth-order valence-corrected chi connectivity index (χ4v) is 3.64. The lowest BCUT2D eigenvalue weighted by Crippen LogP contribution is -2.16. The third-order valence-corrected chi connectivity index (χ3v) is 5.39. The van der Waals surface area contributed by atoms with Crippen LogP contribution < -0.4 is 5.43 Å². The number of nitrogens with zero attached hydrogens (tertiary/aromatic N) is 3. The van der Waals surface area contributed by atoms with E-state index in [1.807, 2.05) is 44.2 Å². The Morgan fingerprint density at radius 2 is 1.90 bits per heavy atom. The maximum absolute atomic E-state index is 12.4. The van der Waals surface area contributed by atoms with Gasteiger partial charge in [-0.15, -0.1) is 0 Å². The van der Waals surface area contributed by atoms with Gasteiger partial charge in [0, 0.05) is 44.6 Å². The zero-order valence-electron chi connectivity index (χ0n) is 16.6. The number of nitro groups is 1. The molecule has 156 valence electrons. The molecule has 0 radical (unpaired) electrons. The van der Waals surface area contributed by atoms with Crippen LogP contribution >= 0.6 is 15.9 Å². The summed E-state index contributed by atoms with van der Waals surface area (Å²) in [6.07, 6.45) is 1.57. The van der Waals surface area contributed by atoms with Crippen LogP contribution in [0.3, 0.4) is 0 Å². The van der Waals surface area contributed by atoms with Gasteiger partial charge < -0.3 is 8.98 Å². The van der Waals surface area contributed by atoms with E-state index in [1.165, 1.54) is 24.3 Å². The number of amides is 1. The zero-order valence-corrected chi connectivity index (χ0v) is 18.2. The van der Waals surface area contributed by atoms with Crippen molar-refractivity contribution in [3.8, 4) is 5.69 Å². The van der Waals surface area contributed by atoms with Gasteiger partial charge in [0.25, 0.3) is 5.69 Å². The van der Waals surface area contributed by atoms with Gasteiger partial charge in [-0.2, -0.15) is 5.10 Å². The molecule has 31 heavy (non-hydrogen) atoms. The van der Waals surface area contributed by atoms with Crippen molar-refractivity contribution in [1.82, 2.24) is 9.99 Å². The van der Waals surface area contributed by atoms with Crippen molar-refractivity contribution < 1.29 is 14.1 Å². The van der Waals surface area contributed by atoms with Crippen LogP contribution in [0.25, 0.3) is 16.7 Å². The van der Waals surface area contributed by atoms with Crippen LogP contribution in [0.5, 0.6) is 0 Å². The first-order valence-electron chi connectivity index (χ1n) is 9.30. The zero-order chi connectivity index (χ0) is 22.1. The highest BCUT2D eigenvalue weighted by Gasteiger charge is 2.15. The summed E-state index contributed by atoms with van der Waals surface area (Å²) in [4.78, 5) is 22.8. The highest BCUT2D eigenvalue weighted by Crippen LogP contribution is 2.24. The average molecular weight is 481 g/mol. The van der Waals surface area contributed by atoms with E-state index in [-0.39, 0.29) is 11.4 Å². The molecule has 0 aliphatic heterocycles. The normalized spacial score (nSPS) is 11.3. The maximum Gasteiger partial charge on any atom is 0.307 e. The Kier molecular flexibility index (Phi) is 5.43. The van der Waals surface area contributed by atoms with Crippen molar-refractivity contribution in [2.75, 3.05) is 0 Å². The molecule has 8 nitrogen and oxygen atoms in total. The van der Waals surface area contributed by atoms with Gasteiger partial charge >= 0.3 is 5.91 Å². The molecule has 0 atom stereocenters. The van der Waals surface area contributed by atoms with Crippen molar-refractivity contribution in [2.45, 2.75) is 13.8 Å². The first kappa shape index (κ1) is 20.5. The van der Waals surface area contributed by atoms with Crippen molar-refractivity contribution in [3.05, 3.63) is 91.9 Å². The minimum absolute atomic E-state index is 0.0213. The summed E-state index contributed by atoms with van der Waals surface area (Å²) in [6.45, 7) is 3.98. The molecule has 0 spiro atoms. The molecule has 0 unspecified atom stereocenters. The van der Waals surface area contributed by atoms with Crippen molar-refractivity contribution in [1.29, 1.82) is 0 Å². The molecule has 2 aromatic carbocycles. The maximum atomic E-state index is 12.4. The predicted octanol–water partition coefficient (Wildman–Crippen LogP) is 5.27. The highest BCUT2D eigenvalue weighted by atomic mass is 79.9. The Labute approximate surface area is 185 Å². The van der Waals surface area contributed by atoms with E-state index in [9.17, 15) is 14.9 Å². The number of hydrazone groups is 1. The van der Waals surface area contributed by atoms with E-state index in [0.717, 1.165) is 27.1 Å². The lowest BCUT2D eigenvalue weighted by Gasteiger charge is -2.09. The summed E-state index contributed by atoms with van der Waals surface area (Å²) in [5.41, 5.74) is 6.66. The van der Waals surface area contributed by atoms with Crippen LogP contribution in [0.2, 0.25) is 0 Å². The molecule has 1 N–H and O–H groups in total. The molecule has 4 aromatic rings. The van der Waals surface area contributed by atoms with Gasteiger partial charge in [0.1, 0.15) is 5.58 Å². The number of carbonyl (C=O) groups excluding carboxylic acids is 1. The molecule has 1 amide bonds. The Morgan fingerprint density at radius 1 is 1.16 bits per heavy atom. The Balaban J connectivity index is 1.51. The molecule has 0 bridgehead atoms. The van der Waals surface area contributed by atoms with Crippen LogP contribution in [0.4, 0.5) is 5.69 Å². The van der Waals surface area contributed by atoms with E-state index >= 15 is 0 Å². The quantitative estimate of drug-likeness (QED) is 0.238. The van der Waals surface area contributed by atoms with Crippen LogP contribution in [0.15, 0.2) is 68.6 Å². The predicted molar refractivity (Wildman–Crippen MR) is 121 cm³/mol. The van der Waals surface area contributed by atoms with Crippen molar-refractivity contribution in [3.63, 3.8) is 0 Å². The lowest BCUT2D eigenvalue weighted by molar-refractivity contribution is -0.384. The SMILES string of the molecule is Cc1cc(/C=N\NC(=O)c2cc3cc([N+](=O)[O-])ccc3o2)c(C)n1-c1ccc(Br)cc1. The number of furan rings is 1. The second-order valence-electron chi connectivity index (χ2n) is 6.93. The first-order valence-corrected chi connectivity index (χ1v) is 10.1. The number of non-ortho nitro benzene ring substituents is 1. The van der Waals surface area contributed by atoms with Crippen LogP contribution in [0, 0.1) is 24.0 Å². The van der Waals surface area contributed by atoms with Crippen LogP contribution in [0.1, 0.15) is 27.5 Å². The second-order valence-corrected chi connectivity index (χ2v) is 7.84. The third-order valence-electron chi connectivity index (χ3n) is 4.86. The van der Waals surface area contributed by atoms with Crippen molar-refractivity contribution in [2.24, 2.45) is 5.10 Å². The summed E-state index contributed by atoms with van der Waals surface area (Å²) < 4.78 is 8.57. The standard InChI is InChI=1S/C22H17BrN4O4/c1-13-9-16(14(2)26(13)18-5-3-17(23)4-6-18)12-24-25-22(28)21-11-15-10-19(27(29)30)7-8-20(15)31-21/h3-12H,1-2H3,(H,25,28)/b24-12-. The van der Waals surface area contributed by atoms with Gasteiger partial charge in [-0.1, -0.05) is 15.9 Å². The Bertz CT molecular complexity index is 1340. The van der Waals surface area contributed by atoms with Gasteiger partial charge in [-0.25, -0.2) is 5.43 Å². The number of hydrogen-bond donors (Lipinski definition) is 1. The Hall–Kier alpha value is -3.72. The van der Waals surface area contributed by atoms with Crippen molar-refractivity contribution >= 4 is 44.7 Å². The van der Waals surface area contributed by atoms with Gasteiger partial charge in [-0.05, 0) is 56.3 Å². The molecule has 2 heterocycles. The molecule has 0 aliphatic carbocycles. The van der Waals surface area contributed by atoms with Gasteiger partial charge in [-0.3, -0.25) is 14.9 Å². The molecule has 0 saturated carbocycles. The fraction of sp³-hybridized carbons (Fsp3) is 0.0909. The number of fused-ring (bicyclic) bond motifs is 1. The van der Waals surface area contributed by atoms with Gasteiger partial charge in [0.2, 0.25) is 0 Å². The average Bonchev–Trinajstić information content (AvgIpc) is 3.29. The number of carbonyl (C=O) groups is 1. The van der Waals surface area contributed by atoms with E-state index < -0.39 is 10.8 Å². The smallest absolute Gasteiger partial charge is 0.307 e. The minimum Gasteiger partial charge on any atom is -0.451 e. The minimum atomic E-state index is -0.545. The third kappa shape index (κ3) is 4.13. The van der Waals surface area contributed by atoms with E-state index in [2.05, 4.69) is 31.0 Å². The molecule has 0 aliphatic rings. The summed E-state index contributed by atoms with van der Waals surface area (Å²) >= 11 is 3.44. The molecular formula is C22H17BrN4O4. The molecular weight excluding hydrogens is 464 g/mol. The molecule has 4 rings (SSSR count). The summed E-state index contributed by atoms with van der Waals surface area (Å²) in [5, 5.41) is 15.4. The van der Waals surface area contributed by atoms with Gasteiger partial charge in [0.15, 0.2) is 5.76 Å². The number of hydrogen-bond acceptors (Lipinski definition) is 5. The summed E-state index contributed by atoms with van der Waals surface area (Å²) in [5.74, 6) is -0.523. The number of benzene rings is 2. The number of halogens is 1. The summed E-state index contributed by atoms with van der Waals surface area (Å²) in [6, 6.07) is 15.6. The Morgan fingerprint density at radius 3 is 2.61 bits per heavy atom. The second kappa shape index (κ2) is 8.19. The summed E-state index contributed by atoms with van der Waals surface area (Å²) in [7, 11) is 0. The monoisotopic (exact) mass is 480 g/mol. The fourth-order valence-electron chi connectivity index (χ4n) is 3.38. The number of aromatic nitrogens is 1. The van der Waals surface area contributed by atoms with Crippen LogP contribution in [-0.4, -0.2) is 21.6 Å². The highest BCUT2D eigenvalue weighted by molar-refractivity contribution is 9.10. The number of nitrogens with one attached hydrogen (secondary N) is 1. The molecule has 9 heteroatoms. The van der Waals surface area contributed by atoms with E-state index in [1.54, 1.807) is 6.21 Å². The van der Waals surface area contributed by atoms with Crippen LogP contribution in [-0.2, 0) is 0 Å². The van der Waals surface area contributed by atoms with Gasteiger partial charge in [0.05, 0.1) is 11.1 Å². The van der Waals surface area contributed by atoms with E-state index in [0.29, 0.717) is 11.0 Å². The first-order chi connectivity index (χ1) is 14.8. The molecule has 2 aromatic heterocycles. The topological polar surface area (TPSA) is 103 Å². The molecule has 0 fully saturated rings. The number of rotatable bonds is 5. The molecule has 0 saturated heterocycles. The number of aryl methyl sites for hydroxylation is 1. The largest absolute Gasteiger partial charge is 0.451 e.